The zero-order chi connectivity index (χ0) is 17.2. The molecule has 130 valence electrons. The van der Waals surface area contributed by atoms with Crippen molar-refractivity contribution < 1.29 is 8.95 Å². The highest BCUT2D eigenvalue weighted by Crippen LogP contribution is 2.26. The van der Waals surface area contributed by atoms with E-state index in [0.717, 1.165) is 29.6 Å². The van der Waals surface area contributed by atoms with E-state index in [2.05, 4.69) is 10.3 Å². The van der Waals surface area contributed by atoms with Gasteiger partial charge in [0.1, 0.15) is 5.75 Å². The molecule has 6 heteroatoms. The van der Waals surface area contributed by atoms with Gasteiger partial charge in [-0.25, -0.2) is 4.21 Å². The summed E-state index contributed by atoms with van der Waals surface area (Å²) in [5, 5.41) is 3.53. The Balaban J connectivity index is 1.74. The maximum atomic E-state index is 13.2. The second-order valence-corrected chi connectivity index (χ2v) is 7.64. The normalized spacial score (nSPS) is 18.5. The standard InChI is InChI=1S/C19H21N3O2S/c1-24-16-6-2-7-17(12-16)25(23)22-13-14(11-15-5-3-9-20-15)19-18(22)8-4-10-21-19/h2,4,6-8,10,12-13,15,20H,3,5,9,11H2,1H3/t15-,25?/m1/s1. The molecule has 0 radical (unpaired) electrons. The Labute approximate surface area is 149 Å². The number of hydrogen-bond acceptors (Lipinski definition) is 4. The zero-order valence-electron chi connectivity index (χ0n) is 14.1. The lowest BCUT2D eigenvalue weighted by Gasteiger charge is -2.08. The molecule has 2 atom stereocenters. The third-order valence-electron chi connectivity index (χ3n) is 4.65. The fourth-order valence-corrected chi connectivity index (χ4v) is 4.59. The van der Waals surface area contributed by atoms with E-state index < -0.39 is 11.0 Å². The molecule has 5 nitrogen and oxygen atoms in total. The fourth-order valence-electron chi connectivity index (χ4n) is 3.40. The van der Waals surface area contributed by atoms with E-state index in [4.69, 9.17) is 4.74 Å². The summed E-state index contributed by atoms with van der Waals surface area (Å²) in [5.41, 5.74) is 2.98. The van der Waals surface area contributed by atoms with Crippen LogP contribution in [0.15, 0.2) is 53.7 Å². The monoisotopic (exact) mass is 355 g/mol. The van der Waals surface area contributed by atoms with Crippen LogP contribution in [0.5, 0.6) is 5.75 Å². The van der Waals surface area contributed by atoms with Crippen molar-refractivity contribution in [2.45, 2.75) is 30.2 Å². The summed E-state index contributed by atoms with van der Waals surface area (Å²) in [6.07, 6.45) is 7.10. The smallest absolute Gasteiger partial charge is 0.157 e. The average molecular weight is 355 g/mol. The number of aromatic nitrogens is 2. The molecule has 1 N–H and O–H groups in total. The zero-order valence-corrected chi connectivity index (χ0v) is 15.0. The summed E-state index contributed by atoms with van der Waals surface area (Å²) in [4.78, 5) is 5.26. The van der Waals surface area contributed by atoms with Gasteiger partial charge in [-0.3, -0.25) is 8.96 Å². The van der Waals surface area contributed by atoms with E-state index >= 15 is 0 Å². The van der Waals surface area contributed by atoms with Crippen molar-refractivity contribution in [1.29, 1.82) is 0 Å². The lowest BCUT2D eigenvalue weighted by molar-refractivity contribution is 0.413. The summed E-state index contributed by atoms with van der Waals surface area (Å²) in [6.45, 7) is 1.08. The molecule has 0 spiro atoms. The van der Waals surface area contributed by atoms with E-state index in [0.29, 0.717) is 16.7 Å². The first-order valence-electron chi connectivity index (χ1n) is 8.51. The van der Waals surface area contributed by atoms with Gasteiger partial charge in [0.2, 0.25) is 0 Å². The van der Waals surface area contributed by atoms with Crippen molar-refractivity contribution in [1.82, 2.24) is 14.3 Å². The quantitative estimate of drug-likeness (QED) is 0.765. The van der Waals surface area contributed by atoms with E-state index in [1.807, 2.05) is 46.6 Å². The van der Waals surface area contributed by atoms with Crippen LogP contribution in [0.3, 0.4) is 0 Å². The van der Waals surface area contributed by atoms with Crippen LogP contribution in [0.4, 0.5) is 0 Å². The van der Waals surface area contributed by atoms with Crippen molar-refractivity contribution in [3.05, 3.63) is 54.4 Å². The molecule has 1 aliphatic rings. The second-order valence-electron chi connectivity index (χ2n) is 6.28. The number of pyridine rings is 1. The molecule has 0 bridgehead atoms. The first-order chi connectivity index (χ1) is 12.3. The molecule has 2 aromatic heterocycles. The van der Waals surface area contributed by atoms with E-state index in [1.165, 1.54) is 12.8 Å². The van der Waals surface area contributed by atoms with Crippen LogP contribution in [0.25, 0.3) is 11.0 Å². The van der Waals surface area contributed by atoms with Crippen molar-refractivity contribution in [2.75, 3.05) is 13.7 Å². The van der Waals surface area contributed by atoms with Crippen LogP contribution < -0.4 is 10.1 Å². The van der Waals surface area contributed by atoms with Crippen LogP contribution in [0.2, 0.25) is 0 Å². The number of benzene rings is 1. The summed E-state index contributed by atoms with van der Waals surface area (Å²) >= 11 is 0. The van der Waals surface area contributed by atoms with Gasteiger partial charge in [0.25, 0.3) is 0 Å². The first kappa shape index (κ1) is 16.3. The highest BCUT2D eigenvalue weighted by Gasteiger charge is 2.20. The molecular weight excluding hydrogens is 334 g/mol. The summed E-state index contributed by atoms with van der Waals surface area (Å²) in [7, 11) is 0.276. The van der Waals surface area contributed by atoms with Gasteiger partial charge in [-0.1, -0.05) is 6.07 Å². The van der Waals surface area contributed by atoms with Gasteiger partial charge in [0, 0.05) is 18.4 Å². The minimum atomic E-state index is -1.34. The van der Waals surface area contributed by atoms with Crippen LogP contribution in [0.1, 0.15) is 18.4 Å². The predicted octanol–water partition coefficient (Wildman–Crippen LogP) is 2.91. The molecule has 1 aromatic carbocycles. The molecule has 0 aliphatic carbocycles. The van der Waals surface area contributed by atoms with Gasteiger partial charge < -0.3 is 10.1 Å². The van der Waals surface area contributed by atoms with Crippen molar-refractivity contribution in [2.24, 2.45) is 0 Å². The van der Waals surface area contributed by atoms with Gasteiger partial charge in [0.05, 0.1) is 23.0 Å². The molecule has 0 saturated carbocycles. The van der Waals surface area contributed by atoms with Gasteiger partial charge >= 0.3 is 0 Å². The highest BCUT2D eigenvalue weighted by molar-refractivity contribution is 7.83. The number of hydrogen-bond donors (Lipinski definition) is 1. The molecule has 1 fully saturated rings. The van der Waals surface area contributed by atoms with Crippen LogP contribution >= 0.6 is 0 Å². The summed E-state index contributed by atoms with van der Waals surface area (Å²) in [5.74, 6) is 0.704. The number of methoxy groups -OCH3 is 1. The second kappa shape index (κ2) is 6.98. The number of ether oxygens (including phenoxy) is 1. The topological polar surface area (TPSA) is 56.1 Å². The van der Waals surface area contributed by atoms with Crippen molar-refractivity contribution in [3.8, 4) is 5.75 Å². The summed E-state index contributed by atoms with van der Waals surface area (Å²) < 4.78 is 20.2. The Bertz CT molecular complexity index is 916. The molecule has 1 saturated heterocycles. The van der Waals surface area contributed by atoms with Crippen molar-refractivity contribution in [3.63, 3.8) is 0 Å². The van der Waals surface area contributed by atoms with E-state index in [1.54, 1.807) is 13.3 Å². The molecular formula is C19H21N3O2S. The fraction of sp³-hybridized carbons (Fsp3) is 0.316. The minimum Gasteiger partial charge on any atom is -0.497 e. The number of nitrogens with one attached hydrogen (secondary N) is 1. The maximum Gasteiger partial charge on any atom is 0.157 e. The Morgan fingerprint density at radius 2 is 2.28 bits per heavy atom. The van der Waals surface area contributed by atoms with Gasteiger partial charge in [-0.15, -0.1) is 0 Å². The van der Waals surface area contributed by atoms with Crippen LogP contribution in [0, 0.1) is 0 Å². The molecule has 1 aliphatic heterocycles. The molecule has 25 heavy (non-hydrogen) atoms. The largest absolute Gasteiger partial charge is 0.497 e. The molecule has 3 aromatic rings. The van der Waals surface area contributed by atoms with E-state index in [-0.39, 0.29) is 0 Å². The van der Waals surface area contributed by atoms with Crippen LogP contribution in [-0.2, 0) is 17.4 Å². The number of nitrogens with zero attached hydrogens (tertiary/aromatic N) is 2. The Kier molecular flexibility index (Phi) is 4.55. The lowest BCUT2D eigenvalue weighted by Crippen LogP contribution is -2.23. The highest BCUT2D eigenvalue weighted by atomic mass is 32.2. The Morgan fingerprint density at radius 3 is 3.08 bits per heavy atom. The lowest BCUT2D eigenvalue weighted by atomic mass is 10.1. The molecule has 1 unspecified atom stereocenters. The molecule has 3 heterocycles. The first-order valence-corrected chi connectivity index (χ1v) is 9.61. The maximum absolute atomic E-state index is 13.2. The summed E-state index contributed by atoms with van der Waals surface area (Å²) in [6, 6.07) is 11.7. The third kappa shape index (κ3) is 3.19. The van der Waals surface area contributed by atoms with Gasteiger partial charge in [-0.2, -0.15) is 0 Å². The van der Waals surface area contributed by atoms with E-state index in [9.17, 15) is 4.21 Å². The third-order valence-corrected chi connectivity index (χ3v) is 5.97. The van der Waals surface area contributed by atoms with Gasteiger partial charge in [-0.05, 0) is 61.7 Å². The molecule has 4 rings (SSSR count). The SMILES string of the molecule is COc1cccc(S(=O)n2cc(C[C@H]3CCCN3)c3ncccc32)c1. The number of rotatable bonds is 5. The molecule has 0 amide bonds. The Hall–Kier alpha value is -2.18. The minimum absolute atomic E-state index is 0.478. The van der Waals surface area contributed by atoms with Gasteiger partial charge in [0.15, 0.2) is 11.0 Å². The predicted molar refractivity (Wildman–Crippen MR) is 99.3 cm³/mol. The number of fused-ring (bicyclic) bond motifs is 1. The van der Waals surface area contributed by atoms with Crippen LogP contribution in [-0.4, -0.2) is 32.9 Å². The average Bonchev–Trinajstić information content (AvgIpc) is 3.30. The Morgan fingerprint density at radius 1 is 1.36 bits per heavy atom. The van der Waals surface area contributed by atoms with Crippen molar-refractivity contribution >= 4 is 22.0 Å².